The standard InChI is InChI=1S/C12H21N3O2/c1-5-17-11(16)12(4,14-10(2)3)8-15-7-6-13-9-15/h6-7,9-10,14H,5,8H2,1-4H3. The molecule has 0 aliphatic heterocycles. The van der Waals surface area contributed by atoms with E-state index in [9.17, 15) is 4.79 Å². The smallest absolute Gasteiger partial charge is 0.327 e. The Hall–Kier alpha value is -1.36. The van der Waals surface area contributed by atoms with E-state index in [1.807, 2.05) is 38.5 Å². The number of nitrogens with zero attached hydrogens (tertiary/aromatic N) is 2. The van der Waals surface area contributed by atoms with E-state index in [1.54, 1.807) is 12.5 Å². The van der Waals surface area contributed by atoms with Crippen molar-refractivity contribution in [2.45, 2.75) is 45.8 Å². The molecule has 0 aliphatic carbocycles. The number of imidazole rings is 1. The summed E-state index contributed by atoms with van der Waals surface area (Å²) in [7, 11) is 0. The number of esters is 1. The Balaban J connectivity index is 2.81. The molecule has 0 amide bonds. The summed E-state index contributed by atoms with van der Waals surface area (Å²) in [5, 5.41) is 3.26. The number of rotatable bonds is 6. The van der Waals surface area contributed by atoms with Crippen molar-refractivity contribution < 1.29 is 9.53 Å². The van der Waals surface area contributed by atoms with Gasteiger partial charge in [-0.05, 0) is 27.7 Å². The summed E-state index contributed by atoms with van der Waals surface area (Å²) in [6.07, 6.45) is 5.22. The van der Waals surface area contributed by atoms with E-state index in [0.29, 0.717) is 13.2 Å². The van der Waals surface area contributed by atoms with Gasteiger partial charge in [-0.3, -0.25) is 5.32 Å². The fourth-order valence-electron chi connectivity index (χ4n) is 1.84. The molecule has 0 fully saturated rings. The van der Waals surface area contributed by atoms with Gasteiger partial charge in [0.15, 0.2) is 0 Å². The lowest BCUT2D eigenvalue weighted by molar-refractivity contribution is -0.151. The first kappa shape index (κ1) is 13.7. The summed E-state index contributed by atoms with van der Waals surface area (Å²) in [6, 6.07) is 0.202. The van der Waals surface area contributed by atoms with E-state index in [-0.39, 0.29) is 12.0 Å². The number of carbonyl (C=O) groups excluding carboxylic acids is 1. The topological polar surface area (TPSA) is 56.2 Å². The summed E-state index contributed by atoms with van der Waals surface area (Å²) in [5.74, 6) is -0.234. The molecule has 0 saturated heterocycles. The molecule has 0 aromatic carbocycles. The fraction of sp³-hybridized carbons (Fsp3) is 0.667. The van der Waals surface area contributed by atoms with E-state index in [1.165, 1.54) is 0 Å². The molecule has 0 bridgehead atoms. The predicted molar refractivity (Wildman–Crippen MR) is 65.5 cm³/mol. The molecule has 1 rings (SSSR count). The number of hydrogen-bond acceptors (Lipinski definition) is 4. The van der Waals surface area contributed by atoms with Crippen LogP contribution < -0.4 is 5.32 Å². The van der Waals surface area contributed by atoms with Gasteiger partial charge in [0.2, 0.25) is 0 Å². The molecule has 1 atom stereocenters. The van der Waals surface area contributed by atoms with E-state index in [4.69, 9.17) is 4.74 Å². The van der Waals surface area contributed by atoms with Gasteiger partial charge in [0, 0.05) is 18.4 Å². The van der Waals surface area contributed by atoms with Crippen LogP contribution in [0.4, 0.5) is 0 Å². The third kappa shape index (κ3) is 3.85. The van der Waals surface area contributed by atoms with Gasteiger partial charge in [-0.15, -0.1) is 0 Å². The van der Waals surface area contributed by atoms with Gasteiger partial charge in [-0.2, -0.15) is 0 Å². The molecule has 1 unspecified atom stereocenters. The largest absolute Gasteiger partial charge is 0.465 e. The second kappa shape index (κ2) is 5.82. The molecule has 1 N–H and O–H groups in total. The number of hydrogen-bond donors (Lipinski definition) is 1. The van der Waals surface area contributed by atoms with Crippen LogP contribution in [0, 0.1) is 0 Å². The van der Waals surface area contributed by atoms with Gasteiger partial charge in [-0.25, -0.2) is 9.78 Å². The molecule has 5 heteroatoms. The summed E-state index contributed by atoms with van der Waals surface area (Å²) in [5.41, 5.74) is -0.731. The minimum atomic E-state index is -0.731. The number of ether oxygens (including phenoxy) is 1. The molecule has 1 heterocycles. The second-order valence-electron chi connectivity index (χ2n) is 4.59. The Morgan fingerprint density at radius 1 is 1.59 bits per heavy atom. The number of aromatic nitrogens is 2. The number of nitrogens with one attached hydrogen (secondary N) is 1. The van der Waals surface area contributed by atoms with Crippen LogP contribution in [0.15, 0.2) is 18.7 Å². The monoisotopic (exact) mass is 239 g/mol. The van der Waals surface area contributed by atoms with Crippen molar-refractivity contribution in [2.24, 2.45) is 0 Å². The Morgan fingerprint density at radius 2 is 2.29 bits per heavy atom. The van der Waals surface area contributed by atoms with Crippen LogP contribution in [0.1, 0.15) is 27.7 Å². The normalized spacial score (nSPS) is 14.6. The lowest BCUT2D eigenvalue weighted by Crippen LogP contribution is -2.55. The summed E-state index contributed by atoms with van der Waals surface area (Å²) in [4.78, 5) is 16.0. The van der Waals surface area contributed by atoms with Crippen molar-refractivity contribution in [3.63, 3.8) is 0 Å². The molecule has 96 valence electrons. The Morgan fingerprint density at radius 3 is 2.76 bits per heavy atom. The molecular weight excluding hydrogens is 218 g/mol. The summed E-state index contributed by atoms with van der Waals surface area (Å²) in [6.45, 7) is 8.56. The molecule has 0 radical (unpaired) electrons. The van der Waals surface area contributed by atoms with Crippen LogP contribution in [0.5, 0.6) is 0 Å². The van der Waals surface area contributed by atoms with Gasteiger partial charge < -0.3 is 9.30 Å². The molecule has 1 aromatic rings. The van der Waals surface area contributed by atoms with Gasteiger partial charge in [0.1, 0.15) is 5.54 Å². The highest BCUT2D eigenvalue weighted by atomic mass is 16.5. The van der Waals surface area contributed by atoms with Crippen molar-refractivity contribution in [3.05, 3.63) is 18.7 Å². The lowest BCUT2D eigenvalue weighted by atomic mass is 10.0. The maximum absolute atomic E-state index is 12.0. The van der Waals surface area contributed by atoms with E-state index < -0.39 is 5.54 Å². The van der Waals surface area contributed by atoms with Crippen molar-refractivity contribution in [1.29, 1.82) is 0 Å². The highest BCUT2D eigenvalue weighted by molar-refractivity contribution is 5.80. The quantitative estimate of drug-likeness (QED) is 0.758. The SMILES string of the molecule is CCOC(=O)C(C)(Cn1ccnc1)NC(C)C. The second-order valence-corrected chi connectivity index (χ2v) is 4.59. The molecule has 0 aliphatic rings. The van der Waals surface area contributed by atoms with Gasteiger partial charge in [0.25, 0.3) is 0 Å². The Bertz CT molecular complexity index is 349. The first-order valence-corrected chi connectivity index (χ1v) is 5.88. The molecule has 1 aromatic heterocycles. The van der Waals surface area contributed by atoms with Crippen LogP contribution in [0.25, 0.3) is 0 Å². The predicted octanol–water partition coefficient (Wildman–Crippen LogP) is 1.20. The molecule has 0 spiro atoms. The van der Waals surface area contributed by atoms with Crippen molar-refractivity contribution in [1.82, 2.24) is 14.9 Å². The van der Waals surface area contributed by atoms with E-state index >= 15 is 0 Å². The van der Waals surface area contributed by atoms with Crippen LogP contribution in [0.3, 0.4) is 0 Å². The maximum atomic E-state index is 12.0. The average molecular weight is 239 g/mol. The van der Waals surface area contributed by atoms with Gasteiger partial charge >= 0.3 is 5.97 Å². The van der Waals surface area contributed by atoms with Crippen molar-refractivity contribution in [3.8, 4) is 0 Å². The zero-order valence-corrected chi connectivity index (χ0v) is 10.9. The van der Waals surface area contributed by atoms with Gasteiger partial charge in [0.05, 0.1) is 19.5 Å². The minimum absolute atomic E-state index is 0.202. The average Bonchev–Trinajstić information content (AvgIpc) is 2.69. The maximum Gasteiger partial charge on any atom is 0.327 e. The third-order valence-electron chi connectivity index (χ3n) is 2.39. The first-order valence-electron chi connectivity index (χ1n) is 5.88. The lowest BCUT2D eigenvalue weighted by Gasteiger charge is -2.30. The summed E-state index contributed by atoms with van der Waals surface area (Å²) < 4.78 is 6.99. The first-order chi connectivity index (χ1) is 7.98. The zero-order valence-electron chi connectivity index (χ0n) is 10.9. The van der Waals surface area contributed by atoms with E-state index in [2.05, 4.69) is 10.3 Å². The van der Waals surface area contributed by atoms with Crippen molar-refractivity contribution >= 4 is 5.97 Å². The Labute approximate surface area is 102 Å². The highest BCUT2D eigenvalue weighted by Crippen LogP contribution is 2.12. The summed E-state index contributed by atoms with van der Waals surface area (Å²) >= 11 is 0. The van der Waals surface area contributed by atoms with Crippen LogP contribution in [-0.4, -0.2) is 33.7 Å². The molecular formula is C12H21N3O2. The van der Waals surface area contributed by atoms with Crippen LogP contribution in [0.2, 0.25) is 0 Å². The molecule has 5 nitrogen and oxygen atoms in total. The van der Waals surface area contributed by atoms with E-state index in [0.717, 1.165) is 0 Å². The zero-order chi connectivity index (χ0) is 12.9. The third-order valence-corrected chi connectivity index (χ3v) is 2.39. The van der Waals surface area contributed by atoms with Crippen LogP contribution >= 0.6 is 0 Å². The number of carbonyl (C=O) groups is 1. The van der Waals surface area contributed by atoms with Crippen LogP contribution in [-0.2, 0) is 16.1 Å². The highest BCUT2D eigenvalue weighted by Gasteiger charge is 2.35. The fourth-order valence-corrected chi connectivity index (χ4v) is 1.84. The van der Waals surface area contributed by atoms with Gasteiger partial charge in [-0.1, -0.05) is 0 Å². The molecule has 17 heavy (non-hydrogen) atoms. The minimum Gasteiger partial charge on any atom is -0.465 e. The molecule has 0 saturated carbocycles. The van der Waals surface area contributed by atoms with Crippen molar-refractivity contribution in [2.75, 3.05) is 6.61 Å². The Kier molecular flexibility index (Phi) is 4.69.